The van der Waals surface area contributed by atoms with Crippen LogP contribution in [0.15, 0.2) is 23.1 Å². The average molecular weight is 329 g/mol. The smallest absolute Gasteiger partial charge is 0.273 e. The van der Waals surface area contributed by atoms with Gasteiger partial charge >= 0.3 is 0 Å². The van der Waals surface area contributed by atoms with Crippen molar-refractivity contribution < 1.29 is 18.4 Å². The summed E-state index contributed by atoms with van der Waals surface area (Å²) >= 11 is 0. The summed E-state index contributed by atoms with van der Waals surface area (Å²) in [5.74, 6) is 0. The monoisotopic (exact) mass is 329 g/mol. The third kappa shape index (κ3) is 2.98. The maximum absolute atomic E-state index is 12.8. The largest absolute Gasteiger partial charge is 0.395 e. The zero-order valence-corrected chi connectivity index (χ0v) is 13.3. The van der Waals surface area contributed by atoms with Crippen LogP contribution in [0.1, 0.15) is 5.56 Å². The Balaban J connectivity index is 2.39. The Labute approximate surface area is 129 Å². The first-order valence-electron chi connectivity index (χ1n) is 6.84. The summed E-state index contributed by atoms with van der Waals surface area (Å²) in [6.45, 7) is 2.24. The van der Waals surface area contributed by atoms with E-state index in [0.717, 1.165) is 0 Å². The van der Waals surface area contributed by atoms with Crippen molar-refractivity contribution >= 4 is 15.7 Å². The van der Waals surface area contributed by atoms with Crippen molar-refractivity contribution in [3.8, 4) is 0 Å². The number of aliphatic hydroxyl groups is 1. The molecule has 8 nitrogen and oxygen atoms in total. The highest BCUT2D eigenvalue weighted by molar-refractivity contribution is 7.89. The predicted molar refractivity (Wildman–Crippen MR) is 80.1 cm³/mol. The summed E-state index contributed by atoms with van der Waals surface area (Å²) in [4.78, 5) is 12.2. The molecule has 0 aliphatic carbocycles. The molecule has 0 saturated carbocycles. The molecule has 1 aromatic rings. The molecule has 1 aromatic carbocycles. The summed E-state index contributed by atoms with van der Waals surface area (Å²) in [6.07, 6.45) is 0. The lowest BCUT2D eigenvalue weighted by molar-refractivity contribution is -0.385. The molecule has 1 saturated heterocycles. The molecular formula is C13H19N3O5S. The van der Waals surface area contributed by atoms with Crippen molar-refractivity contribution in [2.75, 3.05) is 33.3 Å². The van der Waals surface area contributed by atoms with Gasteiger partial charge < -0.3 is 5.11 Å². The number of piperazine rings is 1. The second-order valence-corrected chi connectivity index (χ2v) is 7.24. The molecule has 22 heavy (non-hydrogen) atoms. The summed E-state index contributed by atoms with van der Waals surface area (Å²) in [5.41, 5.74) is -0.0825. The molecule has 2 rings (SSSR count). The van der Waals surface area contributed by atoms with E-state index >= 15 is 0 Å². The molecule has 0 bridgehead atoms. The lowest BCUT2D eigenvalue weighted by Crippen LogP contribution is -2.54. The van der Waals surface area contributed by atoms with Crippen LogP contribution in [0.4, 0.5) is 5.69 Å². The van der Waals surface area contributed by atoms with Gasteiger partial charge in [0.05, 0.1) is 16.4 Å². The lowest BCUT2D eigenvalue weighted by atomic mass is 10.2. The maximum atomic E-state index is 12.8. The first-order valence-corrected chi connectivity index (χ1v) is 8.28. The van der Waals surface area contributed by atoms with E-state index in [4.69, 9.17) is 0 Å². The van der Waals surface area contributed by atoms with Gasteiger partial charge in [-0.2, -0.15) is 4.31 Å². The predicted octanol–water partition coefficient (Wildman–Crippen LogP) is 0.200. The van der Waals surface area contributed by atoms with Gasteiger partial charge in [0.1, 0.15) is 0 Å². The fraction of sp³-hybridized carbons (Fsp3) is 0.538. The fourth-order valence-corrected chi connectivity index (χ4v) is 4.26. The minimum Gasteiger partial charge on any atom is -0.395 e. The van der Waals surface area contributed by atoms with Gasteiger partial charge in [0.2, 0.25) is 10.0 Å². The van der Waals surface area contributed by atoms with Crippen LogP contribution < -0.4 is 0 Å². The minimum atomic E-state index is -3.82. The molecule has 9 heteroatoms. The van der Waals surface area contributed by atoms with Crippen molar-refractivity contribution in [2.24, 2.45) is 0 Å². The molecule has 1 aliphatic rings. The molecule has 1 N–H and O–H groups in total. The number of sulfonamides is 1. The number of rotatable bonds is 4. The van der Waals surface area contributed by atoms with E-state index in [1.165, 1.54) is 29.4 Å². The third-order valence-electron chi connectivity index (χ3n) is 4.02. The van der Waals surface area contributed by atoms with E-state index in [1.807, 2.05) is 11.9 Å². The van der Waals surface area contributed by atoms with E-state index < -0.39 is 14.9 Å². The van der Waals surface area contributed by atoms with Crippen LogP contribution >= 0.6 is 0 Å². The molecule has 0 spiro atoms. The fourth-order valence-electron chi connectivity index (χ4n) is 2.55. The molecule has 1 heterocycles. The van der Waals surface area contributed by atoms with E-state index in [-0.39, 0.29) is 41.9 Å². The molecular weight excluding hydrogens is 310 g/mol. The number of benzene rings is 1. The molecule has 122 valence electrons. The first kappa shape index (κ1) is 16.8. The Morgan fingerprint density at radius 1 is 1.41 bits per heavy atom. The first-order chi connectivity index (χ1) is 10.3. The van der Waals surface area contributed by atoms with Crippen molar-refractivity contribution in [1.82, 2.24) is 9.21 Å². The lowest BCUT2D eigenvalue weighted by Gasteiger charge is -2.37. The summed E-state index contributed by atoms with van der Waals surface area (Å²) in [6, 6.07) is 3.76. The summed E-state index contributed by atoms with van der Waals surface area (Å²) in [5, 5.41) is 20.3. The third-order valence-corrected chi connectivity index (χ3v) is 6.03. The highest BCUT2D eigenvalue weighted by Gasteiger charge is 2.34. The minimum absolute atomic E-state index is 0.0528. The van der Waals surface area contributed by atoms with Gasteiger partial charge in [-0.3, -0.25) is 15.0 Å². The molecule has 1 fully saturated rings. The molecule has 1 atom stereocenters. The van der Waals surface area contributed by atoms with E-state index in [0.29, 0.717) is 6.54 Å². The van der Waals surface area contributed by atoms with Crippen LogP contribution in [0.2, 0.25) is 0 Å². The SMILES string of the molecule is Cc1c([N+](=O)[O-])cccc1S(=O)(=O)N1CCN(C)C(CO)C1. The van der Waals surface area contributed by atoms with Gasteiger partial charge in [-0.1, -0.05) is 6.07 Å². The van der Waals surface area contributed by atoms with Crippen molar-refractivity contribution in [3.63, 3.8) is 0 Å². The average Bonchev–Trinajstić information content (AvgIpc) is 2.47. The Morgan fingerprint density at radius 3 is 2.68 bits per heavy atom. The Hall–Kier alpha value is -1.55. The van der Waals surface area contributed by atoms with Gasteiger partial charge in [0.25, 0.3) is 5.69 Å². The second-order valence-electron chi connectivity index (χ2n) is 5.34. The second kappa shape index (κ2) is 6.29. The van der Waals surface area contributed by atoms with Crippen molar-refractivity contribution in [1.29, 1.82) is 0 Å². The highest BCUT2D eigenvalue weighted by Crippen LogP contribution is 2.28. The van der Waals surface area contributed by atoms with Crippen LogP contribution in [0.5, 0.6) is 0 Å². The number of aliphatic hydroxyl groups excluding tert-OH is 1. The molecule has 0 amide bonds. The normalized spacial score (nSPS) is 21.0. The van der Waals surface area contributed by atoms with Crippen molar-refractivity contribution in [3.05, 3.63) is 33.9 Å². The van der Waals surface area contributed by atoms with E-state index in [9.17, 15) is 23.6 Å². The quantitative estimate of drug-likeness (QED) is 0.625. The van der Waals surface area contributed by atoms with Gasteiger partial charge in [-0.05, 0) is 20.0 Å². The van der Waals surface area contributed by atoms with Gasteiger partial charge in [-0.25, -0.2) is 8.42 Å². The van der Waals surface area contributed by atoms with Crippen molar-refractivity contribution in [2.45, 2.75) is 17.9 Å². The van der Waals surface area contributed by atoms with Crippen LogP contribution in [0, 0.1) is 17.0 Å². The highest BCUT2D eigenvalue weighted by atomic mass is 32.2. The van der Waals surface area contributed by atoms with Gasteiger partial charge in [0.15, 0.2) is 0 Å². The number of hydrogen-bond acceptors (Lipinski definition) is 6. The number of hydrogen-bond donors (Lipinski definition) is 1. The van der Waals surface area contributed by atoms with Crippen LogP contribution in [-0.4, -0.2) is 67.0 Å². The molecule has 1 aliphatic heterocycles. The molecule has 0 radical (unpaired) electrons. The molecule has 0 aromatic heterocycles. The summed E-state index contributed by atoms with van der Waals surface area (Å²) in [7, 11) is -2.00. The number of nitrogens with zero attached hydrogens (tertiary/aromatic N) is 3. The maximum Gasteiger partial charge on any atom is 0.273 e. The number of likely N-dealkylation sites (N-methyl/N-ethyl adjacent to an activating group) is 1. The Kier molecular flexibility index (Phi) is 4.81. The van der Waals surface area contributed by atoms with E-state index in [2.05, 4.69) is 0 Å². The van der Waals surface area contributed by atoms with Crippen LogP contribution in [-0.2, 0) is 10.0 Å². The Morgan fingerprint density at radius 2 is 2.09 bits per heavy atom. The number of nitro groups is 1. The van der Waals surface area contributed by atoms with Crippen LogP contribution in [0.3, 0.4) is 0 Å². The van der Waals surface area contributed by atoms with E-state index in [1.54, 1.807) is 0 Å². The zero-order valence-electron chi connectivity index (χ0n) is 12.5. The van der Waals surface area contributed by atoms with Crippen LogP contribution in [0.25, 0.3) is 0 Å². The van der Waals surface area contributed by atoms with Gasteiger partial charge in [-0.15, -0.1) is 0 Å². The topological polar surface area (TPSA) is 104 Å². The summed E-state index contributed by atoms with van der Waals surface area (Å²) < 4.78 is 26.8. The standard InChI is InChI=1S/C13H19N3O5S/c1-10-12(16(18)19)4-3-5-13(10)22(20,21)15-7-6-14(2)11(8-15)9-17/h3-5,11,17H,6-9H2,1-2H3. The zero-order chi connectivity index (χ0) is 16.5. The number of nitro benzene ring substituents is 1. The Bertz CT molecular complexity index is 676. The van der Waals surface area contributed by atoms with Gasteiger partial charge in [0, 0.05) is 37.3 Å². The molecule has 1 unspecified atom stereocenters.